The number of aliphatic imine (C=N–C) groups is 1. The highest BCUT2D eigenvalue weighted by atomic mass is 16.5. The predicted molar refractivity (Wildman–Crippen MR) is 59.1 cm³/mol. The molecule has 0 amide bonds. The van der Waals surface area contributed by atoms with Gasteiger partial charge in [-0.25, -0.2) is 4.99 Å². The molecule has 0 aliphatic carbocycles. The van der Waals surface area contributed by atoms with Crippen LogP contribution in [0.3, 0.4) is 0 Å². The Balaban J connectivity index is 2.26. The molecule has 0 atom stereocenters. The second kappa shape index (κ2) is 3.35. The van der Waals surface area contributed by atoms with Crippen LogP contribution in [0, 0.1) is 0 Å². The second-order valence-electron chi connectivity index (χ2n) is 3.42. The molecule has 2 heterocycles. The summed E-state index contributed by atoms with van der Waals surface area (Å²) in [5.41, 5.74) is 0.852. The largest absolute Gasteiger partial charge is 0.474 e. The van der Waals surface area contributed by atoms with Crippen LogP contribution < -0.4 is 0 Å². The van der Waals surface area contributed by atoms with Gasteiger partial charge in [0.25, 0.3) is 0 Å². The number of aromatic nitrogens is 1. The first kappa shape index (κ1) is 8.41. The van der Waals surface area contributed by atoms with Gasteiger partial charge in [0.15, 0.2) is 0 Å². The summed E-state index contributed by atoms with van der Waals surface area (Å²) in [5, 5.41) is 2.27. The van der Waals surface area contributed by atoms with E-state index in [1.807, 2.05) is 24.3 Å². The van der Waals surface area contributed by atoms with Gasteiger partial charge < -0.3 is 4.74 Å². The van der Waals surface area contributed by atoms with E-state index >= 15 is 0 Å². The summed E-state index contributed by atoms with van der Waals surface area (Å²) < 4.78 is 5.43. The molecule has 1 aromatic carbocycles. The van der Waals surface area contributed by atoms with Crippen LogP contribution in [0.2, 0.25) is 0 Å². The third kappa shape index (κ3) is 1.36. The quantitative estimate of drug-likeness (QED) is 0.702. The van der Waals surface area contributed by atoms with Crippen molar-refractivity contribution in [1.29, 1.82) is 0 Å². The van der Waals surface area contributed by atoms with Gasteiger partial charge in [0.2, 0.25) is 5.90 Å². The van der Waals surface area contributed by atoms with Crippen LogP contribution in [0.15, 0.2) is 41.5 Å². The second-order valence-corrected chi connectivity index (χ2v) is 3.42. The molecule has 3 nitrogen and oxygen atoms in total. The minimum Gasteiger partial charge on any atom is -0.474 e. The molecule has 0 unspecified atom stereocenters. The van der Waals surface area contributed by atoms with Crippen molar-refractivity contribution >= 4 is 16.7 Å². The summed E-state index contributed by atoms with van der Waals surface area (Å²) >= 11 is 0. The molecule has 1 aromatic heterocycles. The molecule has 0 N–H and O–H groups in total. The molecule has 0 saturated carbocycles. The molecule has 0 bridgehead atoms. The van der Waals surface area contributed by atoms with Crippen molar-refractivity contribution in [2.24, 2.45) is 4.99 Å². The third-order valence-corrected chi connectivity index (χ3v) is 2.46. The topological polar surface area (TPSA) is 34.5 Å². The first-order valence-corrected chi connectivity index (χ1v) is 4.96. The maximum atomic E-state index is 5.43. The minimum atomic E-state index is 0.667. The van der Waals surface area contributed by atoms with Crippen LogP contribution in [0.4, 0.5) is 0 Å². The molecule has 15 heavy (non-hydrogen) atoms. The van der Waals surface area contributed by atoms with Crippen molar-refractivity contribution in [1.82, 2.24) is 4.98 Å². The van der Waals surface area contributed by atoms with Gasteiger partial charge in [-0.3, -0.25) is 4.98 Å². The number of benzene rings is 1. The molecule has 0 saturated heterocycles. The van der Waals surface area contributed by atoms with E-state index in [0.29, 0.717) is 12.5 Å². The van der Waals surface area contributed by atoms with Gasteiger partial charge >= 0.3 is 0 Å². The summed E-state index contributed by atoms with van der Waals surface area (Å²) in [6, 6.07) is 10.1. The van der Waals surface area contributed by atoms with Crippen LogP contribution in [-0.4, -0.2) is 24.0 Å². The van der Waals surface area contributed by atoms with Crippen LogP contribution >= 0.6 is 0 Å². The summed E-state index contributed by atoms with van der Waals surface area (Å²) in [5.74, 6) is 0.673. The van der Waals surface area contributed by atoms with Crippen LogP contribution in [0.1, 0.15) is 5.69 Å². The van der Waals surface area contributed by atoms with Gasteiger partial charge in [-0.15, -0.1) is 0 Å². The summed E-state index contributed by atoms with van der Waals surface area (Å²) in [7, 11) is 0. The molecule has 0 spiro atoms. The fourth-order valence-electron chi connectivity index (χ4n) is 1.77. The molecule has 1 aliphatic heterocycles. The molecule has 3 rings (SSSR count). The lowest BCUT2D eigenvalue weighted by molar-refractivity contribution is 0.348. The minimum absolute atomic E-state index is 0.667. The third-order valence-electron chi connectivity index (χ3n) is 2.46. The summed E-state index contributed by atoms with van der Waals surface area (Å²) in [6.07, 6.45) is 1.79. The molecule has 3 heteroatoms. The van der Waals surface area contributed by atoms with Crippen molar-refractivity contribution in [3.8, 4) is 0 Å². The Hall–Kier alpha value is -1.90. The zero-order chi connectivity index (χ0) is 10.1. The Morgan fingerprint density at radius 1 is 1.13 bits per heavy atom. The van der Waals surface area contributed by atoms with Gasteiger partial charge in [-0.05, 0) is 11.5 Å². The fourth-order valence-corrected chi connectivity index (χ4v) is 1.77. The van der Waals surface area contributed by atoms with E-state index in [4.69, 9.17) is 4.74 Å². The normalized spacial score (nSPS) is 15.1. The number of hydrogen-bond donors (Lipinski definition) is 0. The van der Waals surface area contributed by atoms with E-state index in [1.165, 1.54) is 5.39 Å². The summed E-state index contributed by atoms with van der Waals surface area (Å²) in [4.78, 5) is 8.62. The average Bonchev–Trinajstić information content (AvgIpc) is 2.82. The Morgan fingerprint density at radius 3 is 2.93 bits per heavy atom. The van der Waals surface area contributed by atoms with Gasteiger partial charge in [-0.1, -0.05) is 24.3 Å². The molecule has 2 aromatic rings. The Bertz CT molecular complexity index is 529. The van der Waals surface area contributed by atoms with E-state index in [0.717, 1.165) is 17.6 Å². The number of pyridine rings is 1. The number of ether oxygens (including phenoxy) is 1. The first-order chi connectivity index (χ1) is 7.45. The average molecular weight is 198 g/mol. The highest BCUT2D eigenvalue weighted by Crippen LogP contribution is 2.18. The van der Waals surface area contributed by atoms with Gasteiger partial charge in [0.05, 0.1) is 6.54 Å². The van der Waals surface area contributed by atoms with E-state index in [1.54, 1.807) is 6.20 Å². The van der Waals surface area contributed by atoms with Crippen LogP contribution in [0.25, 0.3) is 10.8 Å². The molecule has 0 radical (unpaired) electrons. The highest BCUT2D eigenvalue weighted by molar-refractivity contribution is 6.05. The monoisotopic (exact) mass is 198 g/mol. The Morgan fingerprint density at radius 2 is 2.07 bits per heavy atom. The van der Waals surface area contributed by atoms with E-state index in [-0.39, 0.29) is 0 Å². The van der Waals surface area contributed by atoms with Gasteiger partial charge in [-0.2, -0.15) is 0 Å². The van der Waals surface area contributed by atoms with Gasteiger partial charge in [0.1, 0.15) is 12.3 Å². The smallest absolute Gasteiger partial charge is 0.236 e. The molecule has 74 valence electrons. The maximum absolute atomic E-state index is 5.43. The number of rotatable bonds is 1. The van der Waals surface area contributed by atoms with Gasteiger partial charge in [0, 0.05) is 11.6 Å². The molecule has 1 aliphatic rings. The lowest BCUT2D eigenvalue weighted by Crippen LogP contribution is -2.04. The van der Waals surface area contributed by atoms with Crippen molar-refractivity contribution in [2.75, 3.05) is 13.2 Å². The van der Waals surface area contributed by atoms with Crippen molar-refractivity contribution in [3.63, 3.8) is 0 Å². The number of hydrogen-bond acceptors (Lipinski definition) is 3. The standard InChI is InChI=1S/C12H10N2O/c1-2-4-10-9(3-1)5-6-13-11(10)12-14-7-8-15-12/h1-6H,7-8H2. The van der Waals surface area contributed by atoms with Crippen molar-refractivity contribution in [3.05, 3.63) is 42.2 Å². The van der Waals surface area contributed by atoms with Crippen molar-refractivity contribution in [2.45, 2.75) is 0 Å². The first-order valence-electron chi connectivity index (χ1n) is 4.96. The zero-order valence-corrected chi connectivity index (χ0v) is 8.18. The molecular weight excluding hydrogens is 188 g/mol. The zero-order valence-electron chi connectivity index (χ0n) is 8.18. The van der Waals surface area contributed by atoms with Crippen molar-refractivity contribution < 1.29 is 4.74 Å². The van der Waals surface area contributed by atoms with E-state index in [2.05, 4.69) is 16.0 Å². The number of fused-ring (bicyclic) bond motifs is 1. The van der Waals surface area contributed by atoms with Crippen LogP contribution in [0.5, 0.6) is 0 Å². The molecular formula is C12H10N2O. The highest BCUT2D eigenvalue weighted by Gasteiger charge is 2.14. The fraction of sp³-hybridized carbons (Fsp3) is 0.167. The lowest BCUT2D eigenvalue weighted by atomic mass is 10.1. The van der Waals surface area contributed by atoms with E-state index in [9.17, 15) is 0 Å². The lowest BCUT2D eigenvalue weighted by Gasteiger charge is -2.04. The summed E-state index contributed by atoms with van der Waals surface area (Å²) in [6.45, 7) is 1.40. The number of nitrogens with zero attached hydrogens (tertiary/aromatic N) is 2. The maximum Gasteiger partial charge on any atom is 0.236 e. The van der Waals surface area contributed by atoms with E-state index < -0.39 is 0 Å². The predicted octanol–water partition coefficient (Wildman–Crippen LogP) is 2.01. The Labute approximate surface area is 87.4 Å². The Kier molecular flexibility index (Phi) is 1.88. The molecule has 0 fully saturated rings. The van der Waals surface area contributed by atoms with Crippen LogP contribution in [-0.2, 0) is 4.74 Å². The SMILES string of the molecule is c1ccc2c(C3=NCCO3)nccc2c1.